The SMILES string of the molecule is [N-]=[N+]=NCCNC(=O)c1ccc(Cl)cc1. The largest absolute Gasteiger partial charge is 0.352 e. The maximum atomic E-state index is 11.4. The Labute approximate surface area is 91.7 Å². The van der Waals surface area contributed by atoms with Crippen molar-refractivity contribution in [1.82, 2.24) is 5.32 Å². The maximum Gasteiger partial charge on any atom is 0.251 e. The van der Waals surface area contributed by atoms with Gasteiger partial charge in [-0.15, -0.1) is 0 Å². The molecule has 0 aliphatic heterocycles. The van der Waals surface area contributed by atoms with Crippen molar-refractivity contribution in [2.45, 2.75) is 0 Å². The molecular weight excluding hydrogens is 216 g/mol. The molecule has 1 aromatic rings. The van der Waals surface area contributed by atoms with Crippen LogP contribution in [-0.2, 0) is 0 Å². The first kappa shape index (κ1) is 11.4. The molecule has 0 aliphatic rings. The first-order valence-electron chi connectivity index (χ1n) is 4.28. The van der Waals surface area contributed by atoms with E-state index < -0.39 is 0 Å². The van der Waals surface area contributed by atoms with E-state index in [1.54, 1.807) is 24.3 Å². The first-order valence-corrected chi connectivity index (χ1v) is 4.66. The van der Waals surface area contributed by atoms with Crippen molar-refractivity contribution < 1.29 is 4.79 Å². The topological polar surface area (TPSA) is 77.9 Å². The van der Waals surface area contributed by atoms with Crippen molar-refractivity contribution in [3.05, 3.63) is 45.3 Å². The summed E-state index contributed by atoms with van der Waals surface area (Å²) in [6.45, 7) is 0.571. The van der Waals surface area contributed by atoms with E-state index >= 15 is 0 Å². The number of hydrogen-bond donors (Lipinski definition) is 1. The highest BCUT2D eigenvalue weighted by Crippen LogP contribution is 2.08. The number of halogens is 1. The van der Waals surface area contributed by atoms with Crippen LogP contribution in [0.2, 0.25) is 5.02 Å². The van der Waals surface area contributed by atoms with Crippen LogP contribution in [0.1, 0.15) is 10.4 Å². The van der Waals surface area contributed by atoms with Gasteiger partial charge in [-0.3, -0.25) is 4.79 Å². The van der Waals surface area contributed by atoms with Gasteiger partial charge in [0.15, 0.2) is 0 Å². The quantitative estimate of drug-likeness (QED) is 0.362. The lowest BCUT2D eigenvalue weighted by molar-refractivity contribution is 0.0955. The van der Waals surface area contributed by atoms with Crippen LogP contribution in [0, 0.1) is 0 Å². The van der Waals surface area contributed by atoms with Crippen LogP contribution < -0.4 is 5.32 Å². The third-order valence-corrected chi connectivity index (χ3v) is 1.92. The number of rotatable bonds is 4. The van der Waals surface area contributed by atoms with Crippen LogP contribution >= 0.6 is 11.6 Å². The number of hydrogen-bond acceptors (Lipinski definition) is 2. The minimum Gasteiger partial charge on any atom is -0.352 e. The molecule has 15 heavy (non-hydrogen) atoms. The zero-order chi connectivity index (χ0) is 11.1. The van der Waals surface area contributed by atoms with Crippen LogP contribution in [0.25, 0.3) is 10.4 Å². The summed E-state index contributed by atoms with van der Waals surface area (Å²) in [5.74, 6) is -0.209. The molecule has 0 unspecified atom stereocenters. The van der Waals surface area contributed by atoms with Gasteiger partial charge in [-0.2, -0.15) is 0 Å². The van der Waals surface area contributed by atoms with E-state index in [2.05, 4.69) is 15.3 Å². The summed E-state index contributed by atoms with van der Waals surface area (Å²) in [5.41, 5.74) is 8.54. The van der Waals surface area contributed by atoms with E-state index in [-0.39, 0.29) is 12.5 Å². The Kier molecular flexibility index (Phi) is 4.47. The number of azide groups is 1. The van der Waals surface area contributed by atoms with Crippen LogP contribution in [0.3, 0.4) is 0 Å². The molecule has 0 aliphatic carbocycles. The molecule has 0 radical (unpaired) electrons. The molecule has 0 saturated carbocycles. The average Bonchev–Trinajstić information content (AvgIpc) is 2.25. The van der Waals surface area contributed by atoms with Crippen LogP contribution in [0.4, 0.5) is 0 Å². The standard InChI is InChI=1S/C9H9ClN4O/c10-8-3-1-7(2-4-8)9(15)12-5-6-13-14-11/h1-4H,5-6H2,(H,12,15). The number of amides is 1. The lowest BCUT2D eigenvalue weighted by Gasteiger charge is -2.02. The lowest BCUT2D eigenvalue weighted by Crippen LogP contribution is -2.25. The summed E-state index contributed by atoms with van der Waals surface area (Å²) >= 11 is 5.68. The fourth-order valence-electron chi connectivity index (χ4n) is 0.967. The van der Waals surface area contributed by atoms with Crippen LogP contribution in [-0.4, -0.2) is 19.0 Å². The molecule has 0 fully saturated rings. The first-order chi connectivity index (χ1) is 7.24. The Balaban J connectivity index is 2.46. The van der Waals surface area contributed by atoms with Crippen molar-refractivity contribution in [1.29, 1.82) is 0 Å². The van der Waals surface area contributed by atoms with E-state index in [0.717, 1.165) is 0 Å². The van der Waals surface area contributed by atoms with Crippen molar-refractivity contribution in [2.24, 2.45) is 5.11 Å². The number of benzene rings is 1. The fraction of sp³-hybridized carbons (Fsp3) is 0.222. The van der Waals surface area contributed by atoms with Crippen LogP contribution in [0.15, 0.2) is 29.4 Å². The van der Waals surface area contributed by atoms with E-state index in [1.165, 1.54) is 0 Å². The Morgan fingerprint density at radius 2 is 2.13 bits per heavy atom. The van der Waals surface area contributed by atoms with E-state index in [1.807, 2.05) is 0 Å². The zero-order valence-corrected chi connectivity index (χ0v) is 8.61. The highest BCUT2D eigenvalue weighted by molar-refractivity contribution is 6.30. The van der Waals surface area contributed by atoms with Crippen molar-refractivity contribution >= 4 is 17.5 Å². The number of nitrogens with one attached hydrogen (secondary N) is 1. The molecular formula is C9H9ClN4O. The van der Waals surface area contributed by atoms with Gasteiger partial charge >= 0.3 is 0 Å². The second-order valence-corrected chi connectivity index (χ2v) is 3.15. The van der Waals surface area contributed by atoms with Gasteiger partial charge in [0.05, 0.1) is 0 Å². The summed E-state index contributed by atoms with van der Waals surface area (Å²) in [4.78, 5) is 14.0. The minimum atomic E-state index is -0.209. The molecule has 1 aromatic carbocycles. The van der Waals surface area contributed by atoms with Gasteiger partial charge in [-0.25, -0.2) is 0 Å². The monoisotopic (exact) mass is 224 g/mol. The van der Waals surface area contributed by atoms with Crippen molar-refractivity contribution in [2.75, 3.05) is 13.1 Å². The lowest BCUT2D eigenvalue weighted by atomic mass is 10.2. The molecule has 0 atom stereocenters. The maximum absolute atomic E-state index is 11.4. The fourth-order valence-corrected chi connectivity index (χ4v) is 1.09. The Morgan fingerprint density at radius 3 is 2.73 bits per heavy atom. The number of nitrogens with zero attached hydrogens (tertiary/aromatic N) is 3. The molecule has 0 aromatic heterocycles. The third kappa shape index (κ3) is 3.89. The summed E-state index contributed by atoms with van der Waals surface area (Å²) in [6, 6.07) is 6.55. The Hall–Kier alpha value is -1.71. The number of carbonyl (C=O) groups is 1. The predicted octanol–water partition coefficient (Wildman–Crippen LogP) is 2.38. The second-order valence-electron chi connectivity index (χ2n) is 2.72. The van der Waals surface area contributed by atoms with Crippen LogP contribution in [0.5, 0.6) is 0 Å². The highest BCUT2D eigenvalue weighted by Gasteiger charge is 2.02. The van der Waals surface area contributed by atoms with Gasteiger partial charge in [0.25, 0.3) is 5.91 Å². The molecule has 0 bridgehead atoms. The Bertz CT molecular complexity index is 384. The van der Waals surface area contributed by atoms with E-state index in [4.69, 9.17) is 17.1 Å². The molecule has 1 amide bonds. The van der Waals surface area contributed by atoms with E-state index in [9.17, 15) is 4.79 Å². The predicted molar refractivity (Wildman–Crippen MR) is 57.8 cm³/mol. The summed E-state index contributed by atoms with van der Waals surface area (Å²) in [6.07, 6.45) is 0. The summed E-state index contributed by atoms with van der Waals surface area (Å²) in [5, 5.41) is 6.49. The Morgan fingerprint density at radius 1 is 1.47 bits per heavy atom. The molecule has 78 valence electrons. The second kappa shape index (κ2) is 5.90. The smallest absolute Gasteiger partial charge is 0.251 e. The third-order valence-electron chi connectivity index (χ3n) is 1.67. The van der Waals surface area contributed by atoms with Gasteiger partial charge in [0.2, 0.25) is 0 Å². The van der Waals surface area contributed by atoms with Gasteiger partial charge < -0.3 is 5.32 Å². The molecule has 1 rings (SSSR count). The van der Waals surface area contributed by atoms with Gasteiger partial charge in [-0.05, 0) is 29.8 Å². The molecule has 5 nitrogen and oxygen atoms in total. The van der Waals surface area contributed by atoms with Crippen molar-refractivity contribution in [3.63, 3.8) is 0 Å². The highest BCUT2D eigenvalue weighted by atomic mass is 35.5. The summed E-state index contributed by atoms with van der Waals surface area (Å²) < 4.78 is 0. The molecule has 0 heterocycles. The molecule has 1 N–H and O–H groups in total. The molecule has 0 saturated heterocycles. The number of carbonyl (C=O) groups excluding carboxylic acids is 1. The van der Waals surface area contributed by atoms with Gasteiger partial charge in [-0.1, -0.05) is 16.7 Å². The van der Waals surface area contributed by atoms with Gasteiger partial charge in [0, 0.05) is 28.6 Å². The minimum absolute atomic E-state index is 0.209. The average molecular weight is 225 g/mol. The summed E-state index contributed by atoms with van der Waals surface area (Å²) in [7, 11) is 0. The van der Waals surface area contributed by atoms with Crippen molar-refractivity contribution in [3.8, 4) is 0 Å². The molecule has 0 spiro atoms. The normalized spacial score (nSPS) is 9.13. The van der Waals surface area contributed by atoms with E-state index in [0.29, 0.717) is 17.1 Å². The zero-order valence-electron chi connectivity index (χ0n) is 7.85. The van der Waals surface area contributed by atoms with Gasteiger partial charge in [0.1, 0.15) is 0 Å². The molecule has 6 heteroatoms.